The molecule has 4 aromatic rings. The summed E-state index contributed by atoms with van der Waals surface area (Å²) in [5.74, 6) is 1.86. The van der Waals surface area contributed by atoms with Gasteiger partial charge in [-0.3, -0.25) is 18.9 Å². The van der Waals surface area contributed by atoms with Crippen LogP contribution in [0.5, 0.6) is 5.88 Å². The van der Waals surface area contributed by atoms with Crippen molar-refractivity contribution in [2.75, 3.05) is 76.0 Å². The van der Waals surface area contributed by atoms with Gasteiger partial charge in [0.25, 0.3) is 0 Å². The van der Waals surface area contributed by atoms with Gasteiger partial charge in [0.15, 0.2) is 5.65 Å². The second kappa shape index (κ2) is 14.3. The summed E-state index contributed by atoms with van der Waals surface area (Å²) in [6.45, 7) is 6.10. The predicted octanol–water partition coefficient (Wildman–Crippen LogP) is 2.39. The summed E-state index contributed by atoms with van der Waals surface area (Å²) in [4.78, 5) is 50.1. The Labute approximate surface area is 283 Å². The van der Waals surface area contributed by atoms with E-state index in [0.29, 0.717) is 88.6 Å². The maximum absolute atomic E-state index is 13.9. The van der Waals surface area contributed by atoms with Crippen molar-refractivity contribution < 1.29 is 23.7 Å². The summed E-state index contributed by atoms with van der Waals surface area (Å²) in [7, 11) is 0. The molecule has 1 aliphatic carbocycles. The van der Waals surface area contributed by atoms with Crippen LogP contribution in [-0.4, -0.2) is 118 Å². The Hall–Kier alpha value is -4.34. The Balaban J connectivity index is 0.975. The van der Waals surface area contributed by atoms with E-state index in [4.69, 9.17) is 28.9 Å². The van der Waals surface area contributed by atoms with Crippen molar-refractivity contribution in [3.8, 4) is 5.88 Å². The van der Waals surface area contributed by atoms with Gasteiger partial charge in [0.2, 0.25) is 17.7 Å². The van der Waals surface area contributed by atoms with Gasteiger partial charge in [-0.05, 0) is 50.7 Å². The average molecular weight is 674 g/mol. The first-order valence-corrected chi connectivity index (χ1v) is 17.5. The molecule has 7 heterocycles. The first-order chi connectivity index (χ1) is 24.1. The summed E-state index contributed by atoms with van der Waals surface area (Å²) in [6.07, 6.45) is 8.35. The normalized spacial score (nSPS) is 22.4. The molecule has 0 aromatic carbocycles. The number of hydrogen-bond donors (Lipinski definition) is 1. The van der Waals surface area contributed by atoms with Gasteiger partial charge in [0.05, 0.1) is 43.5 Å². The first-order valence-electron chi connectivity index (χ1n) is 17.5. The van der Waals surface area contributed by atoms with Gasteiger partial charge in [-0.15, -0.1) is 0 Å². The second-order valence-electron chi connectivity index (χ2n) is 13.2. The number of fused-ring (bicyclic) bond motifs is 2. The van der Waals surface area contributed by atoms with Crippen LogP contribution in [0.3, 0.4) is 0 Å². The third kappa shape index (κ3) is 6.79. The Morgan fingerprint density at radius 2 is 1.63 bits per heavy atom. The molecule has 260 valence electrons. The molecule has 4 aromatic heterocycles. The fourth-order valence-corrected chi connectivity index (χ4v) is 7.34. The average Bonchev–Trinajstić information content (AvgIpc) is 3.43. The van der Waals surface area contributed by atoms with Gasteiger partial charge in [0, 0.05) is 63.7 Å². The molecule has 8 rings (SSSR count). The predicted molar refractivity (Wildman–Crippen MR) is 181 cm³/mol. The number of nitrogens with zero attached hydrogens (tertiary/aromatic N) is 8. The maximum atomic E-state index is 13.9. The minimum Gasteiger partial charge on any atom is -0.474 e. The Bertz CT molecular complexity index is 1840. The molecule has 4 fully saturated rings. The number of aromatic nitrogens is 6. The molecule has 0 atom stereocenters. The third-order valence-electron chi connectivity index (χ3n) is 10.1. The molecule has 0 spiro atoms. The minimum absolute atomic E-state index is 0.0222. The van der Waals surface area contributed by atoms with Crippen LogP contribution in [0.2, 0.25) is 0 Å². The summed E-state index contributed by atoms with van der Waals surface area (Å²) < 4.78 is 26.4. The molecule has 0 radical (unpaired) electrons. The van der Waals surface area contributed by atoms with E-state index in [1.54, 1.807) is 21.9 Å². The van der Waals surface area contributed by atoms with Gasteiger partial charge in [-0.2, -0.15) is 9.97 Å². The van der Waals surface area contributed by atoms with Gasteiger partial charge < -0.3 is 34.1 Å². The smallest absolute Gasteiger partial charge is 0.331 e. The largest absolute Gasteiger partial charge is 0.474 e. The molecule has 1 amide bonds. The van der Waals surface area contributed by atoms with E-state index in [9.17, 15) is 9.59 Å². The molecule has 1 saturated carbocycles. The lowest BCUT2D eigenvalue weighted by Crippen LogP contribution is -2.43. The van der Waals surface area contributed by atoms with E-state index >= 15 is 0 Å². The van der Waals surface area contributed by atoms with Crippen LogP contribution in [0.25, 0.3) is 22.1 Å². The molecule has 0 unspecified atom stereocenters. The van der Waals surface area contributed by atoms with Gasteiger partial charge in [0.1, 0.15) is 24.0 Å². The summed E-state index contributed by atoms with van der Waals surface area (Å²) in [6, 6.07) is 6.06. The zero-order chi connectivity index (χ0) is 33.2. The van der Waals surface area contributed by atoms with E-state index in [-0.39, 0.29) is 36.3 Å². The molecule has 3 aliphatic heterocycles. The van der Waals surface area contributed by atoms with Gasteiger partial charge >= 0.3 is 5.69 Å². The Morgan fingerprint density at radius 3 is 2.41 bits per heavy atom. The number of carbonyl (C=O) groups excluding carboxylic acids is 1. The summed E-state index contributed by atoms with van der Waals surface area (Å²) >= 11 is 0. The number of nitrogens with one attached hydrogen (secondary N) is 1. The van der Waals surface area contributed by atoms with E-state index in [1.807, 2.05) is 18.2 Å². The number of rotatable bonds is 8. The Kier molecular flexibility index (Phi) is 9.28. The molecule has 4 aliphatic rings. The highest BCUT2D eigenvalue weighted by atomic mass is 16.5. The first kappa shape index (κ1) is 31.9. The molecule has 0 bridgehead atoms. The lowest BCUT2D eigenvalue weighted by Gasteiger charge is -2.31. The number of imidazole rings is 1. The summed E-state index contributed by atoms with van der Waals surface area (Å²) in [5.41, 5.74) is 1.75. The third-order valence-corrected chi connectivity index (χ3v) is 10.1. The lowest BCUT2D eigenvalue weighted by molar-refractivity contribution is -0.135. The standard InChI is InChI=1S/C34H43N9O6/c44-30(41-12-18-48-19-13-41)22-42-28-21-36-33(39-31(28)43(34(42)45)24-7-14-46-15-8-24)37-23-3-5-25(6-4-23)49-32-26-2-1-9-35-27(26)20-29(38-32)40-10-16-47-17-11-40/h1-2,9,20-21,23-25H,3-8,10-19,22H2,(H,36,37,39). The zero-order valence-electron chi connectivity index (χ0n) is 27.7. The van der Waals surface area contributed by atoms with Crippen LogP contribution in [0.1, 0.15) is 44.6 Å². The van der Waals surface area contributed by atoms with E-state index in [0.717, 1.165) is 55.5 Å². The molecule has 3 saturated heterocycles. The molecule has 15 heteroatoms. The van der Waals surface area contributed by atoms with Crippen molar-refractivity contribution in [1.29, 1.82) is 0 Å². The van der Waals surface area contributed by atoms with Crippen LogP contribution in [0, 0.1) is 0 Å². The maximum Gasteiger partial charge on any atom is 0.331 e. The lowest BCUT2D eigenvalue weighted by atomic mass is 9.93. The second-order valence-corrected chi connectivity index (χ2v) is 13.2. The minimum atomic E-state index is -0.235. The van der Waals surface area contributed by atoms with Crippen molar-refractivity contribution in [3.63, 3.8) is 0 Å². The number of ether oxygens (including phenoxy) is 4. The van der Waals surface area contributed by atoms with Gasteiger partial charge in [-0.1, -0.05) is 0 Å². The SMILES string of the molecule is O=C(Cn1c(=O)n(C2CCOCC2)c2nc(NC3CCC(Oc4nc(N5CCOCC5)cc5ncccc45)CC3)ncc21)N1CCOCC1. The quantitative estimate of drug-likeness (QED) is 0.293. The number of hydrogen-bond acceptors (Lipinski definition) is 12. The monoisotopic (exact) mass is 673 g/mol. The fourth-order valence-electron chi connectivity index (χ4n) is 7.34. The van der Waals surface area contributed by atoms with Crippen molar-refractivity contribution in [3.05, 3.63) is 41.1 Å². The van der Waals surface area contributed by atoms with E-state index < -0.39 is 0 Å². The van der Waals surface area contributed by atoms with Crippen LogP contribution in [-0.2, 0) is 25.5 Å². The zero-order valence-corrected chi connectivity index (χ0v) is 27.7. The number of morpholine rings is 2. The number of anilines is 2. The molecule has 49 heavy (non-hydrogen) atoms. The number of amides is 1. The van der Waals surface area contributed by atoms with Crippen molar-refractivity contribution in [2.45, 2.75) is 63.3 Å². The van der Waals surface area contributed by atoms with Crippen LogP contribution >= 0.6 is 0 Å². The topological polar surface area (TPSA) is 151 Å². The molecular weight excluding hydrogens is 630 g/mol. The Morgan fingerprint density at radius 1 is 0.898 bits per heavy atom. The molecular formula is C34H43N9O6. The van der Waals surface area contributed by atoms with Crippen LogP contribution in [0.4, 0.5) is 11.8 Å². The van der Waals surface area contributed by atoms with Crippen molar-refractivity contribution >= 4 is 39.7 Å². The highest BCUT2D eigenvalue weighted by molar-refractivity contribution is 5.86. The van der Waals surface area contributed by atoms with Crippen molar-refractivity contribution in [2.24, 2.45) is 0 Å². The molecule has 15 nitrogen and oxygen atoms in total. The summed E-state index contributed by atoms with van der Waals surface area (Å²) in [5, 5.41) is 4.44. The highest BCUT2D eigenvalue weighted by Gasteiger charge is 2.29. The van der Waals surface area contributed by atoms with E-state index in [1.165, 1.54) is 4.57 Å². The fraction of sp³-hybridized carbons (Fsp3) is 0.588. The number of pyridine rings is 2. The highest BCUT2D eigenvalue weighted by Crippen LogP contribution is 2.32. The van der Waals surface area contributed by atoms with Crippen molar-refractivity contribution in [1.82, 2.24) is 34.0 Å². The van der Waals surface area contributed by atoms with E-state index in [2.05, 4.69) is 20.2 Å². The number of carbonyl (C=O) groups is 1. The van der Waals surface area contributed by atoms with Crippen LogP contribution in [0.15, 0.2) is 35.4 Å². The van der Waals surface area contributed by atoms with Gasteiger partial charge in [-0.25, -0.2) is 9.78 Å². The van der Waals surface area contributed by atoms with Crippen LogP contribution < -0.4 is 20.6 Å². The molecule has 1 N–H and O–H groups in total.